The minimum Gasteiger partial charge on any atom is -0.479 e. The average Bonchev–Trinajstić information content (AvgIpc) is 3.60. The summed E-state index contributed by atoms with van der Waals surface area (Å²) in [5.41, 5.74) is 2.91. The number of hydrogen-bond donors (Lipinski definition) is 0. The molecule has 0 N–H and O–H groups in total. The SMILES string of the molecule is C=C(C=CC(=CC)C1c2nc(-c3ccc(-n4cnc(C)c4)c(OC)n3)nn2CCN1Cc1ccccc1)C(F)(F)F. The first kappa shape index (κ1) is 28.0. The van der Waals surface area contributed by atoms with E-state index in [0.29, 0.717) is 48.4 Å². The second-order valence-corrected chi connectivity index (χ2v) is 9.67. The normalized spacial score (nSPS) is 16.2. The Morgan fingerprint density at radius 2 is 1.88 bits per heavy atom. The summed E-state index contributed by atoms with van der Waals surface area (Å²) in [4.78, 5) is 16.0. The molecule has 1 aromatic carbocycles. The van der Waals surface area contributed by atoms with Crippen LogP contribution in [0.25, 0.3) is 17.2 Å². The van der Waals surface area contributed by atoms with Gasteiger partial charge in [-0.15, -0.1) is 5.10 Å². The van der Waals surface area contributed by atoms with Crippen molar-refractivity contribution in [2.45, 2.75) is 39.2 Å². The van der Waals surface area contributed by atoms with Crippen LogP contribution in [0.4, 0.5) is 13.2 Å². The van der Waals surface area contributed by atoms with E-state index in [1.807, 2.05) is 60.2 Å². The predicted octanol–water partition coefficient (Wildman–Crippen LogP) is 6.02. The highest BCUT2D eigenvalue weighted by atomic mass is 19.4. The van der Waals surface area contributed by atoms with Gasteiger partial charge in [-0.2, -0.15) is 13.2 Å². The van der Waals surface area contributed by atoms with E-state index < -0.39 is 17.8 Å². The Morgan fingerprint density at radius 3 is 2.54 bits per heavy atom. The van der Waals surface area contributed by atoms with E-state index in [9.17, 15) is 13.2 Å². The van der Waals surface area contributed by atoms with Crippen LogP contribution >= 0.6 is 0 Å². The van der Waals surface area contributed by atoms with Crippen LogP contribution in [0, 0.1) is 6.92 Å². The monoisotopic (exact) mass is 561 g/mol. The number of alkyl halides is 3. The molecule has 0 radical (unpaired) electrons. The number of imidazole rings is 1. The number of allylic oxidation sites excluding steroid dienone is 3. The third kappa shape index (κ3) is 5.99. The maximum atomic E-state index is 13.2. The van der Waals surface area contributed by atoms with Gasteiger partial charge in [0.1, 0.15) is 17.2 Å². The lowest BCUT2D eigenvalue weighted by atomic mass is 10.00. The fourth-order valence-corrected chi connectivity index (χ4v) is 4.79. The molecule has 0 spiro atoms. The van der Waals surface area contributed by atoms with Crippen molar-refractivity contribution in [3.63, 3.8) is 0 Å². The van der Waals surface area contributed by atoms with Gasteiger partial charge in [-0.25, -0.2) is 19.6 Å². The molecule has 1 aliphatic heterocycles. The fourth-order valence-electron chi connectivity index (χ4n) is 4.79. The Bertz CT molecular complexity index is 1600. The first-order valence-electron chi connectivity index (χ1n) is 13.1. The van der Waals surface area contributed by atoms with E-state index in [4.69, 9.17) is 14.8 Å². The van der Waals surface area contributed by atoms with Gasteiger partial charge in [-0.3, -0.25) is 4.90 Å². The van der Waals surface area contributed by atoms with Crippen LogP contribution in [0.15, 0.2) is 90.9 Å². The number of nitrogens with zero attached hydrogens (tertiary/aromatic N) is 7. The third-order valence-corrected chi connectivity index (χ3v) is 6.88. The fraction of sp³-hybridized carbons (Fsp3) is 0.267. The number of pyridine rings is 1. The summed E-state index contributed by atoms with van der Waals surface area (Å²) >= 11 is 0. The molecule has 1 unspecified atom stereocenters. The minimum atomic E-state index is -4.51. The highest BCUT2D eigenvalue weighted by Gasteiger charge is 2.34. The van der Waals surface area contributed by atoms with Crippen LogP contribution in [0.5, 0.6) is 5.88 Å². The zero-order valence-electron chi connectivity index (χ0n) is 23.0. The van der Waals surface area contributed by atoms with E-state index >= 15 is 0 Å². The van der Waals surface area contributed by atoms with Crippen molar-refractivity contribution < 1.29 is 17.9 Å². The Labute approximate surface area is 236 Å². The van der Waals surface area contributed by atoms with Gasteiger partial charge >= 0.3 is 6.18 Å². The molecule has 3 aromatic heterocycles. The summed E-state index contributed by atoms with van der Waals surface area (Å²) in [7, 11) is 1.54. The van der Waals surface area contributed by atoms with Crippen LogP contribution in [-0.2, 0) is 13.1 Å². The zero-order valence-corrected chi connectivity index (χ0v) is 23.0. The number of methoxy groups -OCH3 is 1. The van der Waals surface area contributed by atoms with Crippen molar-refractivity contribution in [1.82, 2.24) is 34.2 Å². The van der Waals surface area contributed by atoms with Gasteiger partial charge in [0.15, 0.2) is 5.82 Å². The highest BCUT2D eigenvalue weighted by Crippen LogP contribution is 2.35. The minimum absolute atomic E-state index is 0.387. The van der Waals surface area contributed by atoms with Gasteiger partial charge in [0, 0.05) is 24.9 Å². The average molecular weight is 562 g/mol. The predicted molar refractivity (Wildman–Crippen MR) is 149 cm³/mol. The summed E-state index contributed by atoms with van der Waals surface area (Å²) in [5, 5.41) is 4.74. The van der Waals surface area contributed by atoms with Gasteiger partial charge in [-0.05, 0) is 37.1 Å². The van der Waals surface area contributed by atoms with Crippen molar-refractivity contribution in [2.75, 3.05) is 13.7 Å². The van der Waals surface area contributed by atoms with Gasteiger partial charge in [-0.1, -0.05) is 55.1 Å². The number of halogens is 3. The van der Waals surface area contributed by atoms with Crippen molar-refractivity contribution in [1.29, 1.82) is 0 Å². The van der Waals surface area contributed by atoms with E-state index in [-0.39, 0.29) is 0 Å². The second kappa shape index (κ2) is 11.5. The Balaban J connectivity index is 1.53. The molecule has 1 atom stereocenters. The Kier molecular flexibility index (Phi) is 7.89. The molecule has 4 heterocycles. The van der Waals surface area contributed by atoms with Crippen LogP contribution in [0.2, 0.25) is 0 Å². The molecule has 0 bridgehead atoms. The molecule has 0 saturated heterocycles. The van der Waals surface area contributed by atoms with Crippen molar-refractivity contribution in [3.05, 3.63) is 108 Å². The summed E-state index contributed by atoms with van der Waals surface area (Å²) in [5.74, 6) is 1.41. The smallest absolute Gasteiger partial charge is 0.415 e. The van der Waals surface area contributed by atoms with E-state index in [1.54, 1.807) is 31.1 Å². The highest BCUT2D eigenvalue weighted by molar-refractivity contribution is 5.55. The molecule has 0 fully saturated rings. The van der Waals surface area contributed by atoms with E-state index in [2.05, 4.69) is 21.4 Å². The molecule has 0 aliphatic carbocycles. The third-order valence-electron chi connectivity index (χ3n) is 6.88. The number of aryl methyl sites for hydroxylation is 1. The molecule has 1 aliphatic rings. The topological polar surface area (TPSA) is 73.9 Å². The summed E-state index contributed by atoms with van der Waals surface area (Å²) < 4.78 is 48.8. The number of aromatic nitrogens is 6. The van der Waals surface area contributed by atoms with Crippen molar-refractivity contribution in [2.24, 2.45) is 0 Å². The lowest BCUT2D eigenvalue weighted by Gasteiger charge is -2.36. The molecule has 8 nitrogen and oxygen atoms in total. The molecule has 4 aromatic rings. The maximum Gasteiger partial charge on any atom is 0.415 e. The van der Waals surface area contributed by atoms with Crippen LogP contribution in [0.1, 0.15) is 30.0 Å². The molecule has 0 amide bonds. The molecule has 41 heavy (non-hydrogen) atoms. The summed E-state index contributed by atoms with van der Waals surface area (Å²) in [6, 6.07) is 13.2. The lowest BCUT2D eigenvalue weighted by Crippen LogP contribution is -2.39. The molecular formula is C30H30F3N7O. The number of benzene rings is 1. The van der Waals surface area contributed by atoms with Crippen molar-refractivity contribution in [3.8, 4) is 23.1 Å². The zero-order chi connectivity index (χ0) is 29.1. The van der Waals surface area contributed by atoms with Gasteiger partial charge in [0.05, 0.1) is 31.7 Å². The number of hydrogen-bond acceptors (Lipinski definition) is 6. The summed E-state index contributed by atoms with van der Waals surface area (Å²) in [6.45, 7) is 8.66. The quantitative estimate of drug-likeness (QED) is 0.245. The van der Waals surface area contributed by atoms with E-state index in [1.165, 1.54) is 6.08 Å². The molecule has 11 heteroatoms. The standard InChI is InChI=1S/C30H30F3N7O/c1-5-23(12-11-20(2)30(31,32)33)26-28-36-27(37-40(28)16-15-38(26)18-22-9-7-6-8-10-22)24-13-14-25(29(35-24)41-4)39-17-21(3)34-19-39/h5-14,17,19,26H,2,15-16,18H2,1,3-4H3. The molecule has 212 valence electrons. The lowest BCUT2D eigenvalue weighted by molar-refractivity contribution is -0.0878. The second-order valence-electron chi connectivity index (χ2n) is 9.67. The van der Waals surface area contributed by atoms with E-state index in [0.717, 1.165) is 23.0 Å². The molecule has 5 rings (SSSR count). The maximum absolute atomic E-state index is 13.2. The number of rotatable bonds is 8. The van der Waals surface area contributed by atoms with Crippen LogP contribution in [0.3, 0.4) is 0 Å². The largest absolute Gasteiger partial charge is 0.479 e. The summed E-state index contributed by atoms with van der Waals surface area (Å²) in [6.07, 6.45) is 3.33. The van der Waals surface area contributed by atoms with Gasteiger partial charge < -0.3 is 9.30 Å². The van der Waals surface area contributed by atoms with Crippen LogP contribution in [-0.4, -0.2) is 54.0 Å². The van der Waals surface area contributed by atoms with Gasteiger partial charge in [0.2, 0.25) is 5.88 Å². The van der Waals surface area contributed by atoms with Gasteiger partial charge in [0.25, 0.3) is 0 Å². The first-order chi connectivity index (χ1) is 19.7. The number of ether oxygens (including phenoxy) is 1. The molecule has 0 saturated carbocycles. The first-order valence-corrected chi connectivity index (χ1v) is 13.1. The van der Waals surface area contributed by atoms with Crippen LogP contribution < -0.4 is 4.74 Å². The Hall–Kier alpha value is -4.51. The van der Waals surface area contributed by atoms with Crippen molar-refractivity contribution >= 4 is 0 Å². The Morgan fingerprint density at radius 1 is 1.10 bits per heavy atom. The number of fused-ring (bicyclic) bond motifs is 1. The molecular weight excluding hydrogens is 531 g/mol.